The molecule has 6 nitrogen and oxygen atoms in total. The lowest BCUT2D eigenvalue weighted by molar-refractivity contribution is 0.0970. The molecule has 1 N–H and O–H groups in total. The number of methoxy groups -OCH3 is 2. The minimum Gasteiger partial charge on any atom is -0.497 e. The molecule has 0 radical (unpaired) electrons. The number of H-pyrrole nitrogens is 1. The molecule has 1 heterocycles. The second-order valence-corrected chi connectivity index (χ2v) is 6.93. The third-order valence-electron chi connectivity index (χ3n) is 4.96. The maximum Gasteiger partial charge on any atom is 0.178 e. The van der Waals surface area contributed by atoms with Gasteiger partial charge in [0.1, 0.15) is 17.2 Å². The van der Waals surface area contributed by atoms with Gasteiger partial charge in [0.15, 0.2) is 11.6 Å². The molecule has 6 heteroatoms. The lowest BCUT2D eigenvalue weighted by atomic mass is 9.92. The molecule has 0 aliphatic carbocycles. The number of nitrogens with one attached hydrogen (secondary N) is 1. The molecule has 1 atom stereocenters. The number of ether oxygens (including phenoxy) is 2. The lowest BCUT2D eigenvalue weighted by Gasteiger charge is -2.14. The van der Waals surface area contributed by atoms with E-state index in [0.29, 0.717) is 29.0 Å². The molecule has 0 saturated heterocycles. The average Bonchev–Trinajstić information content (AvgIpc) is 3.23. The Morgan fingerprint density at radius 3 is 2.59 bits per heavy atom. The number of carbonyl (C=O) groups excluding carboxylic acids is 2. The first-order valence-electron chi connectivity index (χ1n) is 9.34. The summed E-state index contributed by atoms with van der Waals surface area (Å²) in [6, 6.07) is 13.0. The Morgan fingerprint density at radius 1 is 1.10 bits per heavy atom. The minimum atomic E-state index is -0.108. The van der Waals surface area contributed by atoms with E-state index in [9.17, 15) is 9.59 Å². The van der Waals surface area contributed by atoms with Gasteiger partial charge in [-0.2, -0.15) is 5.10 Å². The van der Waals surface area contributed by atoms with Crippen molar-refractivity contribution in [1.29, 1.82) is 0 Å². The zero-order valence-corrected chi connectivity index (χ0v) is 17.0. The van der Waals surface area contributed by atoms with E-state index < -0.39 is 0 Å². The third-order valence-corrected chi connectivity index (χ3v) is 4.96. The third kappa shape index (κ3) is 4.37. The average molecular weight is 392 g/mol. The molecular weight excluding hydrogens is 368 g/mol. The Balaban J connectivity index is 1.85. The van der Waals surface area contributed by atoms with Crippen molar-refractivity contribution in [3.05, 3.63) is 65.5 Å². The van der Waals surface area contributed by atoms with Crippen molar-refractivity contribution >= 4 is 11.6 Å². The summed E-state index contributed by atoms with van der Waals surface area (Å²) in [7, 11) is 3.15. The predicted molar refractivity (Wildman–Crippen MR) is 111 cm³/mol. The highest BCUT2D eigenvalue weighted by atomic mass is 16.5. The summed E-state index contributed by atoms with van der Waals surface area (Å²) in [5, 5.41) is 6.67. The summed E-state index contributed by atoms with van der Waals surface area (Å²) in [5.41, 5.74) is 3.42. The summed E-state index contributed by atoms with van der Waals surface area (Å²) in [5.74, 6) is 1.15. The fourth-order valence-corrected chi connectivity index (χ4v) is 3.32. The van der Waals surface area contributed by atoms with Crippen molar-refractivity contribution in [2.75, 3.05) is 14.2 Å². The largest absolute Gasteiger partial charge is 0.497 e. The lowest BCUT2D eigenvalue weighted by Crippen LogP contribution is -2.07. The SMILES string of the molecule is COc1cccc([C@@H](C)CC(=O)c2ccc(-c3cn[nH]c3C(C)=O)cc2OC)c1. The fourth-order valence-electron chi connectivity index (χ4n) is 3.32. The van der Waals surface area contributed by atoms with Crippen LogP contribution in [0.1, 0.15) is 52.6 Å². The van der Waals surface area contributed by atoms with E-state index in [2.05, 4.69) is 10.2 Å². The Kier molecular flexibility index (Phi) is 6.12. The van der Waals surface area contributed by atoms with Gasteiger partial charge in [0.25, 0.3) is 0 Å². The zero-order chi connectivity index (χ0) is 21.0. The molecule has 1 aromatic heterocycles. The van der Waals surface area contributed by atoms with Gasteiger partial charge in [-0.1, -0.05) is 25.1 Å². The van der Waals surface area contributed by atoms with Crippen molar-refractivity contribution < 1.29 is 19.1 Å². The van der Waals surface area contributed by atoms with Crippen LogP contribution in [0.4, 0.5) is 0 Å². The first-order valence-corrected chi connectivity index (χ1v) is 9.34. The van der Waals surface area contributed by atoms with Crippen LogP contribution in [0.5, 0.6) is 11.5 Å². The number of ketones is 2. The predicted octanol–water partition coefficient (Wildman–Crippen LogP) is 4.67. The maximum atomic E-state index is 13.0. The van der Waals surface area contributed by atoms with Crippen LogP contribution in [-0.2, 0) is 0 Å². The second-order valence-electron chi connectivity index (χ2n) is 6.93. The van der Waals surface area contributed by atoms with Crippen LogP contribution >= 0.6 is 0 Å². The van der Waals surface area contributed by atoms with E-state index in [1.54, 1.807) is 25.4 Å². The Labute approximate surface area is 169 Å². The molecule has 0 unspecified atom stereocenters. The highest BCUT2D eigenvalue weighted by molar-refractivity contribution is 6.01. The van der Waals surface area contributed by atoms with E-state index in [4.69, 9.17) is 9.47 Å². The number of aromatic amines is 1. The topological polar surface area (TPSA) is 81.3 Å². The molecule has 0 bridgehead atoms. The van der Waals surface area contributed by atoms with E-state index in [0.717, 1.165) is 16.9 Å². The van der Waals surface area contributed by atoms with Crippen molar-refractivity contribution in [2.24, 2.45) is 0 Å². The number of benzene rings is 2. The van der Waals surface area contributed by atoms with Gasteiger partial charge in [0.2, 0.25) is 0 Å². The van der Waals surface area contributed by atoms with Gasteiger partial charge >= 0.3 is 0 Å². The number of hydrogen-bond acceptors (Lipinski definition) is 5. The molecule has 0 aliphatic heterocycles. The quantitative estimate of drug-likeness (QED) is 0.563. The van der Waals surface area contributed by atoms with Crippen LogP contribution < -0.4 is 9.47 Å². The van der Waals surface area contributed by atoms with E-state index in [1.165, 1.54) is 14.0 Å². The summed E-state index contributed by atoms with van der Waals surface area (Å²) >= 11 is 0. The van der Waals surface area contributed by atoms with Gasteiger partial charge in [0, 0.05) is 18.9 Å². The molecule has 0 amide bonds. The van der Waals surface area contributed by atoms with Crippen molar-refractivity contribution in [1.82, 2.24) is 10.2 Å². The number of Topliss-reactive ketones (excluding diaryl/α,β-unsaturated/α-hetero) is 2. The number of carbonyl (C=O) groups is 2. The van der Waals surface area contributed by atoms with Crippen LogP contribution in [0, 0.1) is 0 Å². The van der Waals surface area contributed by atoms with Gasteiger partial charge < -0.3 is 9.47 Å². The standard InChI is InChI=1S/C23H24N2O4/c1-14(16-6-5-7-18(11-16)28-3)10-21(27)19-9-8-17(12-22(19)29-4)20-13-24-25-23(20)15(2)26/h5-9,11-14H,10H2,1-4H3,(H,24,25)/t14-/m0/s1. The molecule has 0 fully saturated rings. The molecule has 150 valence electrons. The molecule has 0 aliphatic rings. The van der Waals surface area contributed by atoms with Gasteiger partial charge in [0.05, 0.1) is 26.0 Å². The van der Waals surface area contributed by atoms with Crippen LogP contribution in [0.25, 0.3) is 11.1 Å². The summed E-state index contributed by atoms with van der Waals surface area (Å²) < 4.78 is 10.7. The highest BCUT2D eigenvalue weighted by Gasteiger charge is 2.19. The minimum absolute atomic E-state index is 0.0114. The molecule has 3 aromatic rings. The summed E-state index contributed by atoms with van der Waals surface area (Å²) in [4.78, 5) is 24.7. The van der Waals surface area contributed by atoms with Gasteiger partial charge in [-0.25, -0.2) is 0 Å². The molecule has 0 spiro atoms. The Bertz CT molecular complexity index is 1040. The number of aromatic nitrogens is 2. The van der Waals surface area contributed by atoms with Crippen LogP contribution in [0.2, 0.25) is 0 Å². The monoisotopic (exact) mass is 392 g/mol. The summed E-state index contributed by atoms with van der Waals surface area (Å²) in [6.07, 6.45) is 1.94. The second kappa shape index (κ2) is 8.73. The van der Waals surface area contributed by atoms with Crippen LogP contribution in [0.3, 0.4) is 0 Å². The molecular formula is C23H24N2O4. The maximum absolute atomic E-state index is 13.0. The molecule has 2 aromatic carbocycles. The van der Waals surface area contributed by atoms with E-state index in [-0.39, 0.29) is 17.5 Å². The Hall–Kier alpha value is -3.41. The van der Waals surface area contributed by atoms with Crippen molar-refractivity contribution in [2.45, 2.75) is 26.2 Å². The Morgan fingerprint density at radius 2 is 1.90 bits per heavy atom. The van der Waals surface area contributed by atoms with Crippen molar-refractivity contribution in [3.63, 3.8) is 0 Å². The van der Waals surface area contributed by atoms with Crippen molar-refractivity contribution in [3.8, 4) is 22.6 Å². The highest BCUT2D eigenvalue weighted by Crippen LogP contribution is 2.31. The summed E-state index contributed by atoms with van der Waals surface area (Å²) in [6.45, 7) is 3.49. The molecule has 29 heavy (non-hydrogen) atoms. The smallest absolute Gasteiger partial charge is 0.178 e. The first-order chi connectivity index (χ1) is 13.9. The first kappa shape index (κ1) is 20.3. The number of rotatable bonds is 8. The van der Waals surface area contributed by atoms with Crippen LogP contribution in [-0.4, -0.2) is 36.0 Å². The number of hydrogen-bond donors (Lipinski definition) is 1. The van der Waals surface area contributed by atoms with Gasteiger partial charge in [-0.15, -0.1) is 0 Å². The normalized spacial score (nSPS) is 11.7. The van der Waals surface area contributed by atoms with E-state index in [1.807, 2.05) is 37.3 Å². The fraction of sp³-hybridized carbons (Fsp3) is 0.261. The van der Waals surface area contributed by atoms with E-state index >= 15 is 0 Å². The number of nitrogens with zero attached hydrogens (tertiary/aromatic N) is 1. The zero-order valence-electron chi connectivity index (χ0n) is 17.0. The van der Waals surface area contributed by atoms with Gasteiger partial charge in [-0.3, -0.25) is 14.7 Å². The molecule has 0 saturated carbocycles. The molecule has 3 rings (SSSR count). The van der Waals surface area contributed by atoms with Crippen LogP contribution in [0.15, 0.2) is 48.7 Å². The van der Waals surface area contributed by atoms with Gasteiger partial charge in [-0.05, 0) is 41.3 Å².